The molecule has 340 valence electrons. The molecule has 0 radical (unpaired) electrons. The van der Waals surface area contributed by atoms with Crippen molar-refractivity contribution in [3.05, 3.63) is 118 Å². The van der Waals surface area contributed by atoms with Crippen LogP contribution in [-0.4, -0.2) is 87.9 Å². The number of carbonyl (C=O) groups is 3. The van der Waals surface area contributed by atoms with Gasteiger partial charge in [0.2, 0.25) is 17.6 Å². The molecule has 2 aliphatic heterocycles. The lowest BCUT2D eigenvalue weighted by atomic mass is 9.86. The third-order valence-corrected chi connectivity index (χ3v) is 13.3. The van der Waals surface area contributed by atoms with Gasteiger partial charge >= 0.3 is 5.69 Å². The number of rotatable bonds is 13. The fourth-order valence-electron chi connectivity index (χ4n) is 9.42. The van der Waals surface area contributed by atoms with Crippen LogP contribution >= 0.6 is 0 Å². The second-order valence-electron chi connectivity index (χ2n) is 17.3. The average Bonchev–Trinajstić information content (AvgIpc) is 3.86. The highest BCUT2D eigenvalue weighted by atomic mass is 19.2. The van der Waals surface area contributed by atoms with E-state index in [-0.39, 0.29) is 43.1 Å². The van der Waals surface area contributed by atoms with E-state index in [1.165, 1.54) is 11.7 Å². The maximum absolute atomic E-state index is 15.0. The number of aromatic nitrogens is 4. The molecule has 2 aromatic heterocycles. The minimum Gasteiger partial charge on any atom is -0.497 e. The van der Waals surface area contributed by atoms with Crippen molar-refractivity contribution >= 4 is 45.3 Å². The molecule has 1 atom stereocenters. The fraction of sp³-hybridized carbons (Fsp3) is 0.396. The predicted octanol–water partition coefficient (Wildman–Crippen LogP) is 6.20. The number of aryl methyl sites for hydroxylation is 1. The Morgan fingerprint density at radius 2 is 1.62 bits per heavy atom. The molecule has 3 aliphatic rings. The van der Waals surface area contributed by atoms with Gasteiger partial charge in [-0.3, -0.25) is 38.4 Å². The van der Waals surface area contributed by atoms with E-state index in [2.05, 4.69) is 44.8 Å². The smallest absolute Gasteiger partial charge is 0.329 e. The number of nitrogens with zero attached hydrogens (tertiary/aromatic N) is 6. The summed E-state index contributed by atoms with van der Waals surface area (Å²) < 4.78 is 60.3. The second-order valence-corrected chi connectivity index (χ2v) is 17.3. The summed E-state index contributed by atoms with van der Waals surface area (Å²) in [6.07, 6.45) is 6.67. The Balaban J connectivity index is 0.737. The largest absolute Gasteiger partial charge is 0.497 e. The third-order valence-electron chi connectivity index (χ3n) is 13.3. The summed E-state index contributed by atoms with van der Waals surface area (Å²) in [7, 11) is 3.23. The van der Waals surface area contributed by atoms with Crippen molar-refractivity contribution in [3.63, 3.8) is 0 Å². The lowest BCUT2D eigenvalue weighted by Crippen LogP contribution is -2.47. The van der Waals surface area contributed by atoms with Crippen LogP contribution in [0.15, 0.2) is 77.7 Å². The number of hydrogen-bond acceptors (Lipinski definition) is 9. The van der Waals surface area contributed by atoms with Crippen molar-refractivity contribution in [1.82, 2.24) is 34.4 Å². The molecule has 1 unspecified atom stereocenters. The third kappa shape index (κ3) is 9.06. The van der Waals surface area contributed by atoms with Gasteiger partial charge in [0.1, 0.15) is 18.4 Å². The van der Waals surface area contributed by atoms with Gasteiger partial charge in [-0.15, -0.1) is 0 Å². The molecule has 4 heterocycles. The Labute approximate surface area is 372 Å². The molecule has 6 aromatic rings. The van der Waals surface area contributed by atoms with Crippen LogP contribution in [0.2, 0.25) is 0 Å². The molecule has 2 saturated heterocycles. The monoisotopic (exact) mass is 892 g/mol. The van der Waals surface area contributed by atoms with Gasteiger partial charge in [-0.05, 0) is 104 Å². The quantitative estimate of drug-likeness (QED) is 0.102. The minimum atomic E-state index is -1.55. The van der Waals surface area contributed by atoms with E-state index >= 15 is 4.39 Å². The Morgan fingerprint density at radius 3 is 2.35 bits per heavy atom. The van der Waals surface area contributed by atoms with E-state index in [4.69, 9.17) is 14.6 Å². The van der Waals surface area contributed by atoms with Gasteiger partial charge in [0.05, 0.1) is 35.3 Å². The highest BCUT2D eigenvalue weighted by molar-refractivity contribution is 6.00. The van der Waals surface area contributed by atoms with Crippen molar-refractivity contribution < 1.29 is 37.0 Å². The summed E-state index contributed by atoms with van der Waals surface area (Å²) in [5.74, 6) is -5.98. The molecule has 2 N–H and O–H groups in total. The van der Waals surface area contributed by atoms with Gasteiger partial charge in [-0.25, -0.2) is 13.6 Å². The number of ether oxygens (including phenoxy) is 2. The number of imide groups is 1. The number of piperazine rings is 1. The van der Waals surface area contributed by atoms with E-state index in [1.807, 2.05) is 22.9 Å². The van der Waals surface area contributed by atoms with E-state index in [1.54, 1.807) is 35.9 Å². The number of imidazole rings is 1. The number of amides is 3. The molecule has 0 bridgehead atoms. The summed E-state index contributed by atoms with van der Waals surface area (Å²) in [6, 6.07) is 19.2. The molecule has 65 heavy (non-hydrogen) atoms. The van der Waals surface area contributed by atoms with Crippen molar-refractivity contribution in [2.45, 2.75) is 63.6 Å². The van der Waals surface area contributed by atoms with Gasteiger partial charge in [-0.1, -0.05) is 18.2 Å². The zero-order valence-corrected chi connectivity index (χ0v) is 36.3. The number of halogens is 3. The predicted molar refractivity (Wildman–Crippen MR) is 238 cm³/mol. The van der Waals surface area contributed by atoms with Gasteiger partial charge in [0.15, 0.2) is 17.4 Å². The van der Waals surface area contributed by atoms with Crippen molar-refractivity contribution in [2.24, 2.45) is 13.0 Å². The van der Waals surface area contributed by atoms with Crippen LogP contribution in [0.3, 0.4) is 0 Å². The average molecular weight is 893 g/mol. The maximum Gasteiger partial charge on any atom is 0.329 e. The highest BCUT2D eigenvalue weighted by Crippen LogP contribution is 2.34. The van der Waals surface area contributed by atoms with Gasteiger partial charge in [-0.2, -0.15) is 9.49 Å². The Kier molecular flexibility index (Phi) is 12.4. The Morgan fingerprint density at radius 1 is 0.862 bits per heavy atom. The Bertz CT molecular complexity index is 2820. The highest BCUT2D eigenvalue weighted by Gasteiger charge is 2.32. The summed E-state index contributed by atoms with van der Waals surface area (Å²) in [4.78, 5) is 55.2. The minimum absolute atomic E-state index is 0.119. The van der Waals surface area contributed by atoms with Crippen LogP contribution in [0.5, 0.6) is 11.5 Å². The van der Waals surface area contributed by atoms with Crippen LogP contribution in [0, 0.1) is 23.4 Å². The first-order chi connectivity index (χ1) is 31.4. The number of methoxy groups -OCH3 is 1. The molecule has 17 heteroatoms. The zero-order valence-electron chi connectivity index (χ0n) is 36.3. The number of fused-ring (bicyclic) bond motifs is 2. The second kappa shape index (κ2) is 18.5. The number of piperidine rings is 1. The van der Waals surface area contributed by atoms with Crippen LogP contribution in [0.1, 0.15) is 72.1 Å². The summed E-state index contributed by atoms with van der Waals surface area (Å²) >= 11 is 0. The van der Waals surface area contributed by atoms with Crippen molar-refractivity contribution in [3.8, 4) is 11.5 Å². The lowest BCUT2D eigenvalue weighted by molar-refractivity contribution is -0.135. The van der Waals surface area contributed by atoms with Crippen LogP contribution in [0.25, 0.3) is 21.9 Å². The standard InChI is InChI=1S/C48H51F3N8O6/c1-55-41-23-29(7-14-39(41)59(48(55)63)40-15-16-42(60)53-47(40)62)17-18-56-19-21-57(22-20-56)34-11-8-32-27-58(54-38(32)24-34)33-9-3-30(4-10-33)26-52-46(61)36-25-37(49)45(44(51)43(36)50)65-28-31-5-12-35(64-2)13-6-31/h5-8,11-14,23-25,27,30,33,40H,3-4,9-10,15-22,26,28H2,1-2H3,(H,52,61)(H,53,60,62)/t30-,33-,40?. The fourth-order valence-corrected chi connectivity index (χ4v) is 9.42. The van der Waals surface area contributed by atoms with Crippen molar-refractivity contribution in [1.29, 1.82) is 0 Å². The maximum atomic E-state index is 15.0. The molecule has 4 aromatic carbocycles. The van der Waals surface area contributed by atoms with Gasteiger partial charge < -0.3 is 19.7 Å². The topological polar surface area (TPSA) is 145 Å². The molecule has 14 nitrogen and oxygen atoms in total. The number of hydrogen-bond donors (Lipinski definition) is 2. The molecular weight excluding hydrogens is 842 g/mol. The van der Waals surface area contributed by atoms with Crippen molar-refractivity contribution in [2.75, 3.05) is 51.3 Å². The Hall–Kier alpha value is -6.62. The first-order valence-corrected chi connectivity index (χ1v) is 22.1. The van der Waals surface area contributed by atoms with Crippen LogP contribution in [-0.2, 0) is 29.7 Å². The zero-order chi connectivity index (χ0) is 45.4. The molecule has 9 rings (SSSR count). The van der Waals surface area contributed by atoms with Crippen LogP contribution < -0.4 is 30.7 Å². The van der Waals surface area contributed by atoms with Crippen LogP contribution in [0.4, 0.5) is 18.9 Å². The summed E-state index contributed by atoms with van der Waals surface area (Å²) in [6.45, 7) is 4.46. The van der Waals surface area contributed by atoms with E-state index in [9.17, 15) is 28.0 Å². The van der Waals surface area contributed by atoms with E-state index in [0.717, 1.165) is 92.5 Å². The van der Waals surface area contributed by atoms with Gasteiger partial charge in [0, 0.05) is 70.0 Å². The lowest BCUT2D eigenvalue weighted by Gasteiger charge is -2.36. The summed E-state index contributed by atoms with van der Waals surface area (Å²) in [5, 5.41) is 11.1. The number of benzene rings is 4. The number of nitrogens with one attached hydrogen (secondary N) is 2. The first-order valence-electron chi connectivity index (χ1n) is 22.1. The summed E-state index contributed by atoms with van der Waals surface area (Å²) in [5.41, 5.74) is 4.22. The normalized spacial score (nSPS) is 19.5. The number of anilines is 1. The molecule has 3 amide bonds. The molecule has 3 fully saturated rings. The van der Waals surface area contributed by atoms with E-state index < -0.39 is 46.6 Å². The molecule has 1 saturated carbocycles. The van der Waals surface area contributed by atoms with Gasteiger partial charge in [0.25, 0.3) is 5.91 Å². The van der Waals surface area contributed by atoms with E-state index in [0.29, 0.717) is 29.3 Å². The SMILES string of the molecule is COc1ccc(COc2c(F)cc(C(=O)NC[C@H]3CC[C@H](n4cc5ccc(N6CCN(CCc7ccc8c(c7)n(C)c(=O)n8C7CCC(=O)NC7=O)CC6)cc5n4)CC3)c(F)c2F)cc1. The molecule has 0 spiro atoms. The molecule has 1 aliphatic carbocycles. The first kappa shape index (κ1) is 43.6. The molecular formula is C48H51F3N8O6. The number of carbonyl (C=O) groups excluding carboxylic acids is 3.